The molecule has 2 aromatic rings. The highest BCUT2D eigenvalue weighted by atomic mass is 31.3. The summed E-state index contributed by atoms with van der Waals surface area (Å²) >= 11 is 0. The molecule has 0 bridgehead atoms. The van der Waals surface area contributed by atoms with Gasteiger partial charge in [-0.3, -0.25) is 4.52 Å². The number of aliphatic hydroxyl groups is 1. The fraction of sp³-hybridized carbons (Fsp3) is 0.538. The van der Waals surface area contributed by atoms with Crippen molar-refractivity contribution < 1.29 is 60.6 Å². The maximum atomic E-state index is 14.0. The fourth-order valence-corrected chi connectivity index (χ4v) is 6.48. The Morgan fingerprint density at radius 2 is 1.91 bits per heavy atom. The Morgan fingerprint density at radius 3 is 2.52 bits per heavy atom. The zero-order valence-corrected chi connectivity index (χ0v) is 19.3. The molecule has 2 aromatic heterocycles. The van der Waals surface area contributed by atoms with Gasteiger partial charge in [0.15, 0.2) is 6.23 Å². The topological polar surface area (TPSA) is 246 Å². The van der Waals surface area contributed by atoms with Crippen LogP contribution in [-0.2, 0) is 31.6 Å². The average Bonchev–Trinajstić information content (AvgIpc) is 3.16. The van der Waals surface area contributed by atoms with E-state index in [0.29, 0.717) is 5.39 Å². The van der Waals surface area contributed by atoms with Gasteiger partial charge < -0.3 is 39.7 Å². The summed E-state index contributed by atoms with van der Waals surface area (Å²) in [4.78, 5) is 43.8. The minimum Gasteiger partial charge on any atom is -0.385 e. The zero-order chi connectivity index (χ0) is 24.9. The molecule has 0 amide bonds. The van der Waals surface area contributed by atoms with Crippen molar-refractivity contribution in [1.29, 1.82) is 0 Å². The van der Waals surface area contributed by atoms with Gasteiger partial charge in [-0.05, 0) is 13.0 Å². The summed E-state index contributed by atoms with van der Waals surface area (Å²) in [5.74, 6) is 0.140. The predicted octanol–water partition coefficient (Wildman–Crippen LogP) is 0.735. The number of alkyl halides is 1. The molecule has 33 heavy (non-hydrogen) atoms. The van der Waals surface area contributed by atoms with Crippen molar-refractivity contribution in [3.63, 3.8) is 0 Å². The zero-order valence-electron chi connectivity index (χ0n) is 16.7. The number of fused-ring (bicyclic) bond motifs is 1. The Kier molecular flexibility index (Phi) is 6.94. The largest absolute Gasteiger partial charge is 0.490 e. The molecular weight excluding hydrogens is 516 g/mol. The minimum absolute atomic E-state index is 0.140. The number of nitrogens with two attached hydrogens (primary N) is 1. The first-order chi connectivity index (χ1) is 15.0. The van der Waals surface area contributed by atoms with Crippen molar-refractivity contribution in [2.24, 2.45) is 0 Å². The van der Waals surface area contributed by atoms with Crippen molar-refractivity contribution >= 4 is 40.3 Å². The van der Waals surface area contributed by atoms with Crippen LogP contribution in [0, 0.1) is 0 Å². The second kappa shape index (κ2) is 8.72. The molecule has 1 aliphatic rings. The van der Waals surface area contributed by atoms with Gasteiger partial charge in [-0.25, -0.2) is 28.1 Å². The van der Waals surface area contributed by atoms with Crippen LogP contribution in [0.1, 0.15) is 19.6 Å². The molecule has 0 aromatic carbocycles. The van der Waals surface area contributed by atoms with E-state index < -0.39 is 60.6 Å². The van der Waals surface area contributed by atoms with Crippen LogP contribution in [0.3, 0.4) is 0 Å². The standard InChI is InChI=1S/C13H20FN4O12P3/c1-12(19)4-13(5-14,6-27-32(23,24)30-33(25,26)29-31(20,21)22)28-11(12)18-3-2-8-9(15)16-7-17-10(8)18/h2-3,7,11,19H,4-6H2,1H3,(H,23,24)(H,25,26)(H2,15,16,17)(H2,20,21,22). The monoisotopic (exact) mass is 536 g/mol. The van der Waals surface area contributed by atoms with Crippen molar-refractivity contribution in [2.45, 2.75) is 30.8 Å². The lowest BCUT2D eigenvalue weighted by atomic mass is 9.92. The molecule has 5 unspecified atom stereocenters. The summed E-state index contributed by atoms with van der Waals surface area (Å²) in [6.07, 6.45) is 0.864. The maximum absolute atomic E-state index is 14.0. The molecule has 0 spiro atoms. The number of aromatic nitrogens is 3. The van der Waals surface area contributed by atoms with Gasteiger partial charge in [-0.1, -0.05) is 0 Å². The van der Waals surface area contributed by atoms with Crippen LogP contribution in [-0.4, -0.2) is 63.7 Å². The molecule has 5 atom stereocenters. The maximum Gasteiger partial charge on any atom is 0.490 e. The molecule has 1 aliphatic heterocycles. The molecule has 1 saturated heterocycles. The van der Waals surface area contributed by atoms with Gasteiger partial charge in [0.05, 0.1) is 12.0 Å². The van der Waals surface area contributed by atoms with E-state index in [1.165, 1.54) is 23.8 Å². The number of rotatable bonds is 9. The van der Waals surface area contributed by atoms with Gasteiger partial charge >= 0.3 is 23.5 Å². The van der Waals surface area contributed by atoms with Crippen molar-refractivity contribution in [3.05, 3.63) is 18.6 Å². The summed E-state index contributed by atoms with van der Waals surface area (Å²) in [7, 11) is -16.9. The summed E-state index contributed by atoms with van der Waals surface area (Å²) in [6, 6.07) is 1.53. The van der Waals surface area contributed by atoms with Crippen LogP contribution >= 0.6 is 23.5 Å². The Labute approximate surface area is 184 Å². The first-order valence-corrected chi connectivity index (χ1v) is 13.3. The van der Waals surface area contributed by atoms with E-state index in [0.717, 1.165) is 6.33 Å². The Hall–Kier alpha value is -1.32. The van der Waals surface area contributed by atoms with Crippen molar-refractivity contribution in [3.8, 4) is 0 Å². The lowest BCUT2D eigenvalue weighted by Crippen LogP contribution is -2.38. The first kappa shape index (κ1) is 26.3. The van der Waals surface area contributed by atoms with Gasteiger partial charge in [0.2, 0.25) is 0 Å². The molecule has 3 rings (SSSR count). The third-order valence-electron chi connectivity index (χ3n) is 4.52. The molecule has 20 heteroatoms. The molecule has 1 fully saturated rings. The second-order valence-corrected chi connectivity index (χ2v) is 11.8. The number of hydrogen-bond acceptors (Lipinski definition) is 11. The number of halogens is 1. The quantitative estimate of drug-likeness (QED) is 0.242. The number of nitrogen functional groups attached to an aromatic ring is 1. The molecule has 0 aliphatic carbocycles. The number of phosphoric ester groups is 1. The number of ether oxygens (including phenoxy) is 1. The average molecular weight is 536 g/mol. The molecule has 0 radical (unpaired) electrons. The minimum atomic E-state index is -5.75. The molecule has 0 saturated carbocycles. The van der Waals surface area contributed by atoms with Crippen molar-refractivity contribution in [2.75, 3.05) is 19.0 Å². The Bertz CT molecular complexity index is 1190. The highest BCUT2D eigenvalue weighted by molar-refractivity contribution is 7.66. The van der Waals surface area contributed by atoms with Crippen LogP contribution < -0.4 is 5.73 Å². The van der Waals surface area contributed by atoms with Gasteiger partial charge in [-0.15, -0.1) is 0 Å². The number of anilines is 1. The molecule has 16 nitrogen and oxygen atoms in total. The lowest BCUT2D eigenvalue weighted by Gasteiger charge is -2.27. The smallest absolute Gasteiger partial charge is 0.385 e. The Morgan fingerprint density at radius 1 is 1.24 bits per heavy atom. The van der Waals surface area contributed by atoms with E-state index in [9.17, 15) is 33.0 Å². The highest BCUT2D eigenvalue weighted by Crippen LogP contribution is 2.66. The summed E-state index contributed by atoms with van der Waals surface area (Å²) in [6.45, 7) is -1.11. The van der Waals surface area contributed by atoms with Crippen LogP contribution in [0.15, 0.2) is 18.6 Å². The Balaban J connectivity index is 1.80. The third-order valence-corrected chi connectivity index (χ3v) is 8.30. The fourth-order valence-electron chi connectivity index (χ4n) is 3.39. The van der Waals surface area contributed by atoms with Crippen LogP contribution in [0.2, 0.25) is 0 Å². The van der Waals surface area contributed by atoms with E-state index in [-0.39, 0.29) is 11.5 Å². The second-order valence-electron chi connectivity index (χ2n) is 7.40. The van der Waals surface area contributed by atoms with E-state index in [4.69, 9.17) is 20.3 Å². The number of phosphoric acid groups is 3. The molecule has 186 valence electrons. The van der Waals surface area contributed by atoms with E-state index in [1.807, 2.05) is 0 Å². The van der Waals surface area contributed by atoms with Gasteiger partial charge in [0.25, 0.3) is 0 Å². The van der Waals surface area contributed by atoms with Crippen LogP contribution in [0.4, 0.5) is 10.2 Å². The van der Waals surface area contributed by atoms with Crippen LogP contribution in [0.25, 0.3) is 11.0 Å². The first-order valence-electron chi connectivity index (χ1n) is 8.80. The highest BCUT2D eigenvalue weighted by Gasteiger charge is 2.55. The van der Waals surface area contributed by atoms with E-state index in [1.54, 1.807) is 0 Å². The molecule has 3 heterocycles. The van der Waals surface area contributed by atoms with Gasteiger partial charge in [0, 0.05) is 12.6 Å². The summed E-state index contributed by atoms with van der Waals surface area (Å²) < 4.78 is 66.8. The van der Waals surface area contributed by atoms with E-state index in [2.05, 4.69) is 23.1 Å². The normalized spacial score (nSPS) is 29.7. The molecular formula is C13H20FN4O12P3. The summed E-state index contributed by atoms with van der Waals surface area (Å²) in [5, 5.41) is 11.3. The predicted molar refractivity (Wildman–Crippen MR) is 106 cm³/mol. The van der Waals surface area contributed by atoms with Gasteiger partial charge in [-0.2, -0.15) is 8.62 Å². The lowest BCUT2D eigenvalue weighted by molar-refractivity contribution is -0.128. The van der Waals surface area contributed by atoms with E-state index >= 15 is 0 Å². The third kappa shape index (κ3) is 6.03. The number of hydrogen-bond donors (Lipinski definition) is 6. The SMILES string of the molecule is CC1(O)CC(CF)(COP(=O)(O)OP(=O)(O)OP(=O)(O)O)OC1n1ccc2c(N)ncnc21. The van der Waals surface area contributed by atoms with Crippen LogP contribution in [0.5, 0.6) is 0 Å². The summed E-state index contributed by atoms with van der Waals surface area (Å²) in [5.41, 5.74) is 2.22. The van der Waals surface area contributed by atoms with Gasteiger partial charge in [0.1, 0.15) is 35.7 Å². The number of nitrogens with zero attached hydrogens (tertiary/aromatic N) is 3. The van der Waals surface area contributed by atoms with Crippen molar-refractivity contribution in [1.82, 2.24) is 14.5 Å². The molecule has 7 N–H and O–H groups in total.